The van der Waals surface area contributed by atoms with Gasteiger partial charge in [0.1, 0.15) is 0 Å². The number of carbonyl (C=O) groups is 1. The van der Waals surface area contributed by atoms with Crippen molar-refractivity contribution in [2.75, 3.05) is 26.2 Å². The van der Waals surface area contributed by atoms with Crippen molar-refractivity contribution in [1.82, 2.24) is 19.8 Å². The molecule has 34 heavy (non-hydrogen) atoms. The fourth-order valence-corrected chi connectivity index (χ4v) is 5.61. The molecule has 1 amide bonds. The van der Waals surface area contributed by atoms with E-state index in [1.165, 1.54) is 0 Å². The van der Waals surface area contributed by atoms with Gasteiger partial charge in [0.2, 0.25) is 0 Å². The monoisotopic (exact) mass is 463 g/mol. The van der Waals surface area contributed by atoms with Crippen LogP contribution in [0.15, 0.2) is 35.1 Å². The molecule has 182 valence electrons. The molecule has 3 aromatic rings. The molecule has 0 aliphatic carbocycles. The number of carbonyl (C=O) groups excluding carboxylic acids is 1. The normalized spacial score (nSPS) is 16.1. The van der Waals surface area contributed by atoms with Gasteiger partial charge in [-0.25, -0.2) is 0 Å². The number of aromatic nitrogens is 2. The van der Waals surface area contributed by atoms with Crippen LogP contribution in [0.25, 0.3) is 10.9 Å². The van der Waals surface area contributed by atoms with Gasteiger partial charge in [0, 0.05) is 53.5 Å². The first-order valence-electron chi connectivity index (χ1n) is 12.3. The molecule has 0 radical (unpaired) electrons. The highest BCUT2D eigenvalue weighted by molar-refractivity contribution is 6.08. The fraction of sp³-hybridized carbons (Fsp3) is 0.481. The number of piperidine rings is 1. The number of nitrogens with one attached hydrogen (secondary N) is 2. The van der Waals surface area contributed by atoms with E-state index in [0.29, 0.717) is 23.6 Å². The molecule has 0 saturated carbocycles. The van der Waals surface area contributed by atoms with Crippen molar-refractivity contribution < 1.29 is 4.79 Å². The molecule has 1 saturated heterocycles. The first-order chi connectivity index (χ1) is 16.3. The van der Waals surface area contributed by atoms with Gasteiger partial charge in [-0.1, -0.05) is 18.2 Å². The molecule has 0 unspecified atom stereocenters. The summed E-state index contributed by atoms with van der Waals surface area (Å²) in [5.74, 6) is 0.407. The molecule has 0 spiro atoms. The third-order valence-electron chi connectivity index (χ3n) is 7.47. The van der Waals surface area contributed by atoms with E-state index in [1.54, 1.807) is 0 Å². The quantitative estimate of drug-likeness (QED) is 0.500. The number of nitrogens with zero attached hydrogens (tertiary/aromatic N) is 2. The Morgan fingerprint density at radius 1 is 1.21 bits per heavy atom. The largest absolute Gasteiger partial charge is 0.348 e. The van der Waals surface area contributed by atoms with Crippen LogP contribution < -0.4 is 16.6 Å². The first kappa shape index (κ1) is 24.2. The number of rotatable bonds is 7. The van der Waals surface area contributed by atoms with Crippen LogP contribution in [0.3, 0.4) is 0 Å². The molecule has 0 bridgehead atoms. The average molecular weight is 464 g/mol. The van der Waals surface area contributed by atoms with Crippen molar-refractivity contribution in [3.63, 3.8) is 0 Å². The number of benzene rings is 1. The second-order valence-corrected chi connectivity index (χ2v) is 9.68. The van der Waals surface area contributed by atoms with E-state index in [1.807, 2.05) is 45.0 Å². The van der Waals surface area contributed by atoms with E-state index in [4.69, 9.17) is 5.73 Å². The molecular formula is C27H37N5O2. The van der Waals surface area contributed by atoms with E-state index in [9.17, 15) is 9.59 Å². The summed E-state index contributed by atoms with van der Waals surface area (Å²) in [6.07, 6.45) is 2.26. The SMILES string of the molecule is Cc1cc(C)c(CNC(=O)c2c(C)n([C@@H](C)C3CCN(CCN)CC3)c3ccccc23)c(=O)[nH]1. The summed E-state index contributed by atoms with van der Waals surface area (Å²) in [4.78, 5) is 31.1. The molecule has 7 nitrogen and oxygen atoms in total. The summed E-state index contributed by atoms with van der Waals surface area (Å²) in [5, 5.41) is 3.97. The Balaban J connectivity index is 1.60. The van der Waals surface area contributed by atoms with Crippen LogP contribution in [-0.4, -0.2) is 46.5 Å². The van der Waals surface area contributed by atoms with Crippen molar-refractivity contribution in [3.8, 4) is 0 Å². The van der Waals surface area contributed by atoms with Gasteiger partial charge < -0.3 is 25.5 Å². The highest BCUT2D eigenvalue weighted by atomic mass is 16.2. The third kappa shape index (κ3) is 4.68. The second kappa shape index (κ2) is 10.2. The molecular weight excluding hydrogens is 426 g/mol. The highest BCUT2D eigenvalue weighted by Gasteiger charge is 2.29. The molecule has 2 aromatic heterocycles. The van der Waals surface area contributed by atoms with Crippen molar-refractivity contribution >= 4 is 16.8 Å². The number of likely N-dealkylation sites (tertiary alicyclic amines) is 1. The lowest BCUT2D eigenvalue weighted by Crippen LogP contribution is -2.39. The van der Waals surface area contributed by atoms with Gasteiger partial charge in [0.15, 0.2) is 0 Å². The van der Waals surface area contributed by atoms with Crippen molar-refractivity contribution in [2.24, 2.45) is 11.7 Å². The number of fused-ring (bicyclic) bond motifs is 1. The molecule has 1 aliphatic heterocycles. The van der Waals surface area contributed by atoms with Gasteiger partial charge in [-0.2, -0.15) is 0 Å². The molecule has 4 rings (SSSR count). The zero-order valence-corrected chi connectivity index (χ0v) is 20.8. The smallest absolute Gasteiger partial charge is 0.254 e. The standard InChI is InChI=1S/C27H37N5O2/c1-17-15-18(2)30-26(33)23(17)16-29-27(34)25-20(4)32(24-8-6-5-7-22(24)25)19(3)21-9-12-31(13-10-21)14-11-28/h5-8,15,19,21H,9-14,16,28H2,1-4H3,(H,29,34)(H,30,33)/t19-/m0/s1. The maximum Gasteiger partial charge on any atom is 0.254 e. The number of hydrogen-bond donors (Lipinski definition) is 3. The number of aryl methyl sites for hydroxylation is 2. The Kier molecular flexibility index (Phi) is 7.24. The van der Waals surface area contributed by atoms with Crippen molar-refractivity contribution in [1.29, 1.82) is 0 Å². The lowest BCUT2D eigenvalue weighted by Gasteiger charge is -2.36. The molecule has 1 aliphatic rings. The van der Waals surface area contributed by atoms with Crippen LogP contribution in [0, 0.1) is 26.7 Å². The molecule has 3 heterocycles. The van der Waals surface area contributed by atoms with Gasteiger partial charge in [-0.05, 0) is 77.2 Å². The predicted octanol–water partition coefficient (Wildman–Crippen LogP) is 3.42. The van der Waals surface area contributed by atoms with Crippen LogP contribution in [0.1, 0.15) is 58.7 Å². The zero-order valence-electron chi connectivity index (χ0n) is 20.8. The summed E-state index contributed by atoms with van der Waals surface area (Å²) in [6.45, 7) is 12.1. The Hall–Kier alpha value is -2.90. The summed E-state index contributed by atoms with van der Waals surface area (Å²) < 4.78 is 2.34. The van der Waals surface area contributed by atoms with Crippen LogP contribution in [0.5, 0.6) is 0 Å². The molecule has 1 fully saturated rings. The minimum absolute atomic E-state index is 0.142. The predicted molar refractivity (Wildman–Crippen MR) is 137 cm³/mol. The lowest BCUT2D eigenvalue weighted by atomic mass is 9.90. The van der Waals surface area contributed by atoms with Crippen molar-refractivity contribution in [3.05, 3.63) is 68.8 Å². The molecule has 4 N–H and O–H groups in total. The van der Waals surface area contributed by atoms with E-state index >= 15 is 0 Å². The summed E-state index contributed by atoms with van der Waals surface area (Å²) in [6, 6.07) is 10.4. The second-order valence-electron chi connectivity index (χ2n) is 9.68. The minimum Gasteiger partial charge on any atom is -0.348 e. The molecule has 1 aromatic carbocycles. The number of hydrogen-bond acceptors (Lipinski definition) is 4. The van der Waals surface area contributed by atoms with Crippen LogP contribution in [0.2, 0.25) is 0 Å². The van der Waals surface area contributed by atoms with Gasteiger partial charge in [-0.15, -0.1) is 0 Å². The zero-order chi connectivity index (χ0) is 24.4. The number of H-pyrrole nitrogens is 1. The molecule has 7 heteroatoms. The Labute approximate surface area is 201 Å². The van der Waals surface area contributed by atoms with Gasteiger partial charge in [-0.3, -0.25) is 9.59 Å². The number of para-hydroxylation sites is 1. The lowest BCUT2D eigenvalue weighted by molar-refractivity contribution is 0.0951. The number of nitrogens with two attached hydrogens (primary N) is 1. The number of aromatic amines is 1. The van der Waals surface area contributed by atoms with Crippen molar-refractivity contribution in [2.45, 2.75) is 53.1 Å². The van der Waals surface area contributed by atoms with Crippen LogP contribution in [-0.2, 0) is 6.54 Å². The number of amides is 1. The third-order valence-corrected chi connectivity index (χ3v) is 7.47. The minimum atomic E-state index is -0.147. The van der Waals surface area contributed by atoms with E-state index in [0.717, 1.165) is 60.3 Å². The van der Waals surface area contributed by atoms with Crippen LogP contribution in [0.4, 0.5) is 0 Å². The summed E-state index contributed by atoms with van der Waals surface area (Å²) >= 11 is 0. The van der Waals surface area contributed by atoms with E-state index in [-0.39, 0.29) is 24.1 Å². The maximum atomic E-state index is 13.4. The molecule has 1 atom stereocenters. The maximum absolute atomic E-state index is 13.4. The van der Waals surface area contributed by atoms with E-state index < -0.39 is 0 Å². The van der Waals surface area contributed by atoms with Gasteiger partial charge in [0.25, 0.3) is 11.5 Å². The topological polar surface area (TPSA) is 96.2 Å². The van der Waals surface area contributed by atoms with Gasteiger partial charge >= 0.3 is 0 Å². The number of pyridine rings is 1. The van der Waals surface area contributed by atoms with E-state index in [2.05, 4.69) is 32.8 Å². The summed E-state index contributed by atoms with van der Waals surface area (Å²) in [7, 11) is 0. The highest BCUT2D eigenvalue weighted by Crippen LogP contribution is 2.35. The van der Waals surface area contributed by atoms with Crippen LogP contribution >= 0.6 is 0 Å². The van der Waals surface area contributed by atoms with Gasteiger partial charge in [0.05, 0.1) is 5.56 Å². The first-order valence-corrected chi connectivity index (χ1v) is 12.3. The Bertz CT molecular complexity index is 1230. The Morgan fingerprint density at radius 2 is 1.91 bits per heavy atom. The average Bonchev–Trinajstić information content (AvgIpc) is 3.10. The summed E-state index contributed by atoms with van der Waals surface area (Å²) in [5.41, 5.74) is 10.7. The Morgan fingerprint density at radius 3 is 2.59 bits per heavy atom. The fourth-order valence-electron chi connectivity index (χ4n) is 5.61.